The van der Waals surface area contributed by atoms with Gasteiger partial charge in [-0.2, -0.15) is 4.98 Å². The minimum atomic E-state index is -0.568. The van der Waals surface area contributed by atoms with Gasteiger partial charge in [-0.05, 0) is 25.1 Å². The molecule has 1 heterocycles. The average Bonchev–Trinajstić information content (AvgIpc) is 2.42. The molecule has 2 rings (SSSR count). The molecular weight excluding hydrogens is 317 g/mol. The summed E-state index contributed by atoms with van der Waals surface area (Å²) in [4.78, 5) is 18.4. The molecule has 0 aliphatic carbocycles. The van der Waals surface area contributed by atoms with Crippen molar-refractivity contribution >= 4 is 46.3 Å². The third-order valence-electron chi connectivity index (χ3n) is 2.49. The largest absolute Gasteiger partial charge is 0.354 e. The number of aromatic nitrogens is 2. The molecule has 0 atom stereocenters. The first kappa shape index (κ1) is 15.3. The lowest BCUT2D eigenvalue weighted by Gasteiger charge is -2.09. The summed E-state index contributed by atoms with van der Waals surface area (Å²) >= 11 is 11.8. The van der Waals surface area contributed by atoms with Gasteiger partial charge in [-0.25, -0.2) is 4.98 Å². The summed E-state index contributed by atoms with van der Waals surface area (Å²) in [6, 6.07) is 4.76. The van der Waals surface area contributed by atoms with E-state index in [0.717, 1.165) is 6.20 Å². The van der Waals surface area contributed by atoms with Crippen molar-refractivity contribution in [3.05, 3.63) is 44.6 Å². The number of anilines is 3. The van der Waals surface area contributed by atoms with Crippen LogP contribution in [-0.4, -0.2) is 21.4 Å². The van der Waals surface area contributed by atoms with Crippen LogP contribution in [0.15, 0.2) is 24.4 Å². The van der Waals surface area contributed by atoms with Crippen LogP contribution in [0.3, 0.4) is 0 Å². The third kappa shape index (κ3) is 3.71. The molecular formula is C12H11Cl2N5O2. The van der Waals surface area contributed by atoms with Crippen LogP contribution in [0, 0.1) is 10.1 Å². The van der Waals surface area contributed by atoms with E-state index in [2.05, 4.69) is 20.6 Å². The zero-order valence-corrected chi connectivity index (χ0v) is 12.4. The number of hydrogen-bond acceptors (Lipinski definition) is 6. The lowest BCUT2D eigenvalue weighted by molar-refractivity contribution is -0.384. The summed E-state index contributed by atoms with van der Waals surface area (Å²) in [7, 11) is 0. The van der Waals surface area contributed by atoms with E-state index in [4.69, 9.17) is 23.2 Å². The molecule has 7 nitrogen and oxygen atoms in total. The van der Waals surface area contributed by atoms with Gasteiger partial charge in [0, 0.05) is 11.6 Å². The number of rotatable bonds is 5. The molecule has 0 radical (unpaired) electrons. The second kappa shape index (κ2) is 6.55. The fourth-order valence-corrected chi connectivity index (χ4v) is 2.02. The van der Waals surface area contributed by atoms with Crippen LogP contribution >= 0.6 is 23.2 Å². The lowest BCUT2D eigenvalue weighted by atomic mass is 10.3. The Balaban J connectivity index is 2.40. The van der Waals surface area contributed by atoms with Gasteiger partial charge in [-0.3, -0.25) is 10.1 Å². The van der Waals surface area contributed by atoms with Gasteiger partial charge in [0.1, 0.15) is 6.20 Å². The van der Waals surface area contributed by atoms with E-state index >= 15 is 0 Å². The predicted molar refractivity (Wildman–Crippen MR) is 82.6 cm³/mol. The number of hydrogen-bond donors (Lipinski definition) is 2. The Morgan fingerprint density at radius 1 is 1.38 bits per heavy atom. The van der Waals surface area contributed by atoms with Crippen LogP contribution < -0.4 is 10.6 Å². The zero-order chi connectivity index (χ0) is 15.4. The first-order valence-corrected chi connectivity index (χ1v) is 6.74. The molecule has 2 aromatic rings. The molecule has 0 saturated carbocycles. The van der Waals surface area contributed by atoms with Gasteiger partial charge < -0.3 is 10.6 Å². The maximum absolute atomic E-state index is 11.0. The minimum Gasteiger partial charge on any atom is -0.354 e. The zero-order valence-electron chi connectivity index (χ0n) is 10.9. The van der Waals surface area contributed by atoms with Crippen LogP contribution in [0.5, 0.6) is 0 Å². The lowest BCUT2D eigenvalue weighted by Crippen LogP contribution is -2.06. The smallest absolute Gasteiger partial charge is 0.329 e. The van der Waals surface area contributed by atoms with Gasteiger partial charge >= 0.3 is 5.69 Å². The fourth-order valence-electron chi connectivity index (χ4n) is 1.56. The second-order valence-electron chi connectivity index (χ2n) is 3.96. The Bertz CT molecular complexity index is 681. The van der Waals surface area contributed by atoms with E-state index < -0.39 is 4.92 Å². The first-order valence-electron chi connectivity index (χ1n) is 5.98. The van der Waals surface area contributed by atoms with Crippen molar-refractivity contribution in [1.82, 2.24) is 9.97 Å². The third-order valence-corrected chi connectivity index (χ3v) is 3.03. The standard InChI is InChI=1S/C12H11Cl2N5O2/c1-2-15-12-16-6-10(19(20)21)11(18-12)17-9-4-3-7(13)5-8(9)14/h3-6H,2H2,1H3,(H2,15,16,17,18). The molecule has 110 valence electrons. The summed E-state index contributed by atoms with van der Waals surface area (Å²) in [5, 5.41) is 17.5. The van der Waals surface area contributed by atoms with Crippen molar-refractivity contribution < 1.29 is 4.92 Å². The molecule has 0 aliphatic rings. The van der Waals surface area contributed by atoms with Crippen LogP contribution in [0.1, 0.15) is 6.92 Å². The highest BCUT2D eigenvalue weighted by molar-refractivity contribution is 6.36. The van der Waals surface area contributed by atoms with Gasteiger partial charge in [0.25, 0.3) is 0 Å². The predicted octanol–water partition coefficient (Wildman–Crippen LogP) is 3.87. The van der Waals surface area contributed by atoms with Gasteiger partial charge in [0.05, 0.1) is 15.6 Å². The molecule has 0 amide bonds. The molecule has 0 saturated heterocycles. The molecule has 0 spiro atoms. The highest BCUT2D eigenvalue weighted by Crippen LogP contribution is 2.31. The van der Waals surface area contributed by atoms with E-state index in [1.54, 1.807) is 12.1 Å². The topological polar surface area (TPSA) is 93.0 Å². The number of benzene rings is 1. The van der Waals surface area contributed by atoms with Crippen LogP contribution in [0.2, 0.25) is 10.0 Å². The van der Waals surface area contributed by atoms with Gasteiger partial charge in [0.2, 0.25) is 11.8 Å². The Hall–Kier alpha value is -2.12. The van der Waals surface area contributed by atoms with Crippen LogP contribution in [0.25, 0.3) is 0 Å². The molecule has 9 heteroatoms. The van der Waals surface area contributed by atoms with Gasteiger partial charge in [-0.1, -0.05) is 23.2 Å². The first-order chi connectivity index (χ1) is 10.0. The monoisotopic (exact) mass is 327 g/mol. The van der Waals surface area contributed by atoms with Gasteiger partial charge in [0.15, 0.2) is 0 Å². The van der Waals surface area contributed by atoms with Crippen LogP contribution in [-0.2, 0) is 0 Å². The van der Waals surface area contributed by atoms with E-state index in [9.17, 15) is 10.1 Å². The Labute approximate surface area is 130 Å². The Kier molecular flexibility index (Phi) is 4.77. The van der Waals surface area contributed by atoms with Crippen molar-refractivity contribution in [2.45, 2.75) is 6.92 Å². The van der Waals surface area contributed by atoms with Crippen molar-refractivity contribution in [2.75, 3.05) is 17.2 Å². The van der Waals surface area contributed by atoms with E-state index in [0.29, 0.717) is 22.3 Å². The number of nitrogens with zero attached hydrogens (tertiary/aromatic N) is 3. The molecule has 0 fully saturated rings. The SMILES string of the molecule is CCNc1ncc([N+](=O)[O-])c(Nc2ccc(Cl)cc2Cl)n1. The quantitative estimate of drug-likeness (QED) is 0.639. The van der Waals surface area contributed by atoms with Crippen molar-refractivity contribution in [1.29, 1.82) is 0 Å². The second-order valence-corrected chi connectivity index (χ2v) is 4.81. The van der Waals surface area contributed by atoms with Crippen molar-refractivity contribution in [3.63, 3.8) is 0 Å². The molecule has 0 aliphatic heterocycles. The average molecular weight is 328 g/mol. The highest BCUT2D eigenvalue weighted by Gasteiger charge is 2.18. The van der Waals surface area contributed by atoms with E-state index in [1.807, 2.05) is 6.92 Å². The van der Waals surface area contributed by atoms with Crippen LogP contribution in [0.4, 0.5) is 23.1 Å². The highest BCUT2D eigenvalue weighted by atomic mass is 35.5. The maximum Gasteiger partial charge on any atom is 0.329 e. The van der Waals surface area contributed by atoms with Crippen molar-refractivity contribution in [3.8, 4) is 0 Å². The molecule has 0 unspecified atom stereocenters. The summed E-state index contributed by atoms with van der Waals surface area (Å²) in [5.74, 6) is 0.339. The summed E-state index contributed by atoms with van der Waals surface area (Å²) in [6.07, 6.45) is 1.14. The summed E-state index contributed by atoms with van der Waals surface area (Å²) < 4.78 is 0. The number of halogens is 2. The van der Waals surface area contributed by atoms with E-state index in [-0.39, 0.29) is 17.5 Å². The van der Waals surface area contributed by atoms with Gasteiger partial charge in [-0.15, -0.1) is 0 Å². The normalized spacial score (nSPS) is 10.2. The van der Waals surface area contributed by atoms with Crippen molar-refractivity contribution in [2.24, 2.45) is 0 Å². The maximum atomic E-state index is 11.0. The summed E-state index contributed by atoms with van der Waals surface area (Å²) in [6.45, 7) is 2.47. The molecule has 21 heavy (non-hydrogen) atoms. The molecule has 1 aromatic carbocycles. The minimum absolute atomic E-state index is 0.0511. The molecule has 2 N–H and O–H groups in total. The molecule has 0 bridgehead atoms. The Morgan fingerprint density at radius 3 is 2.76 bits per heavy atom. The number of nitro groups is 1. The Morgan fingerprint density at radius 2 is 2.14 bits per heavy atom. The number of nitrogens with one attached hydrogen (secondary N) is 2. The molecule has 1 aromatic heterocycles. The summed E-state index contributed by atoms with van der Waals surface area (Å²) in [5.41, 5.74) is 0.216. The van der Waals surface area contributed by atoms with E-state index in [1.165, 1.54) is 6.07 Å². The fraction of sp³-hybridized carbons (Fsp3) is 0.167.